The van der Waals surface area contributed by atoms with Crippen molar-refractivity contribution in [2.75, 3.05) is 26.3 Å². The number of ether oxygens (including phenoxy) is 1. The van der Waals surface area contributed by atoms with E-state index < -0.39 is 5.82 Å². The lowest BCUT2D eigenvalue weighted by Gasteiger charge is -2.36. The Morgan fingerprint density at radius 2 is 1.94 bits per heavy atom. The lowest BCUT2D eigenvalue weighted by atomic mass is 10.1. The SMILES string of the molecule is Cc1nc2c3c(nn2c(C)c1Cl)CN(C(=O)c1ccc(F)cc1OC1CCN(C(CO)CO)CC1)C3. The number of piperidine rings is 1. The topological polar surface area (TPSA) is 103 Å². The Morgan fingerprint density at radius 3 is 2.64 bits per heavy atom. The van der Waals surface area contributed by atoms with E-state index in [-0.39, 0.29) is 37.0 Å². The Morgan fingerprint density at radius 1 is 1.22 bits per heavy atom. The van der Waals surface area contributed by atoms with E-state index in [1.165, 1.54) is 18.2 Å². The first-order chi connectivity index (χ1) is 17.3. The predicted octanol–water partition coefficient (Wildman–Crippen LogP) is 2.49. The first-order valence-electron chi connectivity index (χ1n) is 12.0. The first-order valence-corrected chi connectivity index (χ1v) is 12.4. The molecule has 1 amide bonds. The van der Waals surface area contributed by atoms with Crippen LogP contribution < -0.4 is 4.74 Å². The molecule has 0 bridgehead atoms. The molecular formula is C25H29ClFN5O4. The number of carbonyl (C=O) groups is 1. The van der Waals surface area contributed by atoms with Crippen LogP contribution in [0.2, 0.25) is 5.02 Å². The molecule has 0 spiro atoms. The molecule has 36 heavy (non-hydrogen) atoms. The van der Waals surface area contributed by atoms with Crippen molar-refractivity contribution in [3.05, 3.63) is 57.2 Å². The van der Waals surface area contributed by atoms with Gasteiger partial charge in [-0.15, -0.1) is 0 Å². The van der Waals surface area contributed by atoms with Crippen LogP contribution in [0.5, 0.6) is 5.75 Å². The number of carbonyl (C=O) groups excluding carboxylic acids is 1. The minimum absolute atomic E-state index is 0.116. The van der Waals surface area contributed by atoms with Gasteiger partial charge in [0, 0.05) is 24.7 Å². The highest BCUT2D eigenvalue weighted by molar-refractivity contribution is 6.31. The van der Waals surface area contributed by atoms with Crippen molar-refractivity contribution in [1.82, 2.24) is 24.4 Å². The zero-order valence-corrected chi connectivity index (χ0v) is 21.0. The Hall–Kier alpha value is -2.79. The van der Waals surface area contributed by atoms with Crippen molar-refractivity contribution in [3.8, 4) is 5.75 Å². The third kappa shape index (κ3) is 4.43. The van der Waals surface area contributed by atoms with Gasteiger partial charge in [0.25, 0.3) is 5.91 Å². The van der Waals surface area contributed by atoms with Crippen molar-refractivity contribution >= 4 is 23.2 Å². The summed E-state index contributed by atoms with van der Waals surface area (Å²) in [5, 5.41) is 24.1. The maximum atomic E-state index is 14.1. The van der Waals surface area contributed by atoms with Gasteiger partial charge in [0.05, 0.1) is 60.0 Å². The van der Waals surface area contributed by atoms with Crippen LogP contribution in [0.4, 0.5) is 4.39 Å². The maximum Gasteiger partial charge on any atom is 0.258 e. The fourth-order valence-electron chi connectivity index (χ4n) is 5.02. The second-order valence-corrected chi connectivity index (χ2v) is 9.81. The van der Waals surface area contributed by atoms with E-state index in [9.17, 15) is 19.4 Å². The van der Waals surface area contributed by atoms with E-state index >= 15 is 0 Å². The Bertz CT molecular complexity index is 1300. The highest BCUT2D eigenvalue weighted by Gasteiger charge is 2.32. The molecule has 0 aliphatic carbocycles. The summed E-state index contributed by atoms with van der Waals surface area (Å²) in [6.45, 7) is 5.41. The molecule has 11 heteroatoms. The highest BCUT2D eigenvalue weighted by atomic mass is 35.5. The number of aromatic nitrogens is 3. The van der Waals surface area contributed by atoms with Crippen molar-refractivity contribution in [3.63, 3.8) is 0 Å². The van der Waals surface area contributed by atoms with Gasteiger partial charge in [0.15, 0.2) is 5.65 Å². The van der Waals surface area contributed by atoms with E-state index in [2.05, 4.69) is 10.1 Å². The lowest BCUT2D eigenvalue weighted by molar-refractivity contribution is 0.0281. The number of rotatable bonds is 6. The van der Waals surface area contributed by atoms with Crippen LogP contribution in [0, 0.1) is 19.7 Å². The Balaban J connectivity index is 1.33. The average Bonchev–Trinajstić information content (AvgIpc) is 3.43. The van der Waals surface area contributed by atoms with E-state index in [0.29, 0.717) is 60.9 Å². The van der Waals surface area contributed by atoms with E-state index in [4.69, 9.17) is 16.3 Å². The number of fused-ring (bicyclic) bond motifs is 3. The van der Waals surface area contributed by atoms with Crippen LogP contribution in [0.1, 0.15) is 45.8 Å². The van der Waals surface area contributed by atoms with Gasteiger partial charge in [-0.1, -0.05) is 11.6 Å². The summed E-state index contributed by atoms with van der Waals surface area (Å²) in [7, 11) is 0. The normalized spacial score (nSPS) is 16.8. The summed E-state index contributed by atoms with van der Waals surface area (Å²) in [6.07, 6.45) is 1.08. The van der Waals surface area contributed by atoms with Crippen LogP contribution in [0.15, 0.2) is 18.2 Å². The van der Waals surface area contributed by atoms with Gasteiger partial charge in [-0.3, -0.25) is 9.69 Å². The quantitative estimate of drug-likeness (QED) is 0.518. The van der Waals surface area contributed by atoms with Crippen molar-refractivity contribution in [2.24, 2.45) is 0 Å². The molecule has 0 saturated carbocycles. The molecule has 2 aliphatic rings. The number of aryl methyl sites for hydroxylation is 2. The number of hydrogen-bond donors (Lipinski definition) is 2. The molecule has 0 atom stereocenters. The largest absolute Gasteiger partial charge is 0.489 e. The average molecular weight is 518 g/mol. The molecule has 1 fully saturated rings. The summed E-state index contributed by atoms with van der Waals surface area (Å²) in [4.78, 5) is 21.8. The van der Waals surface area contributed by atoms with Crippen LogP contribution in [-0.4, -0.2) is 79.0 Å². The highest BCUT2D eigenvalue weighted by Crippen LogP contribution is 2.32. The molecule has 0 unspecified atom stereocenters. The summed E-state index contributed by atoms with van der Waals surface area (Å²) >= 11 is 6.33. The summed E-state index contributed by atoms with van der Waals surface area (Å²) < 4.78 is 22.0. The number of hydrogen-bond acceptors (Lipinski definition) is 7. The lowest BCUT2D eigenvalue weighted by Crippen LogP contribution is -2.47. The second kappa shape index (κ2) is 9.93. The number of halogens is 2. The molecule has 0 radical (unpaired) electrons. The molecule has 2 aromatic heterocycles. The van der Waals surface area contributed by atoms with Crippen LogP contribution >= 0.6 is 11.6 Å². The van der Waals surface area contributed by atoms with Crippen LogP contribution in [-0.2, 0) is 13.1 Å². The summed E-state index contributed by atoms with van der Waals surface area (Å²) in [5.74, 6) is -0.523. The minimum atomic E-state index is -0.478. The van der Waals surface area contributed by atoms with E-state index in [1.54, 1.807) is 9.42 Å². The van der Waals surface area contributed by atoms with Gasteiger partial charge in [0.2, 0.25) is 0 Å². The smallest absolute Gasteiger partial charge is 0.258 e. The number of aliphatic hydroxyl groups excluding tert-OH is 2. The van der Waals surface area contributed by atoms with Gasteiger partial charge in [-0.25, -0.2) is 13.9 Å². The third-order valence-electron chi connectivity index (χ3n) is 7.13. The first kappa shape index (κ1) is 24.9. The van der Waals surface area contributed by atoms with Gasteiger partial charge < -0.3 is 19.8 Å². The van der Waals surface area contributed by atoms with Gasteiger partial charge >= 0.3 is 0 Å². The molecule has 1 aromatic carbocycles. The molecule has 2 aliphatic heterocycles. The Kier molecular flexibility index (Phi) is 6.86. The molecule has 3 aromatic rings. The monoisotopic (exact) mass is 517 g/mol. The summed E-state index contributed by atoms with van der Waals surface area (Å²) in [6, 6.07) is 3.69. The van der Waals surface area contributed by atoms with Crippen molar-refractivity contribution in [2.45, 2.75) is 51.9 Å². The van der Waals surface area contributed by atoms with Crippen molar-refractivity contribution < 1.29 is 24.1 Å². The third-order valence-corrected chi connectivity index (χ3v) is 7.67. The predicted molar refractivity (Wildman–Crippen MR) is 131 cm³/mol. The van der Waals surface area contributed by atoms with E-state index in [1.807, 2.05) is 18.7 Å². The van der Waals surface area contributed by atoms with Crippen LogP contribution in [0.3, 0.4) is 0 Å². The molecule has 5 rings (SSSR count). The van der Waals surface area contributed by atoms with E-state index in [0.717, 1.165) is 17.0 Å². The number of amides is 1. The molecule has 2 N–H and O–H groups in total. The number of nitrogens with zero attached hydrogens (tertiary/aromatic N) is 5. The molecule has 9 nitrogen and oxygen atoms in total. The second-order valence-electron chi connectivity index (χ2n) is 9.43. The van der Waals surface area contributed by atoms with Gasteiger partial charge in [-0.2, -0.15) is 5.10 Å². The number of likely N-dealkylation sites (tertiary alicyclic amines) is 1. The fraction of sp³-hybridized carbons (Fsp3) is 0.480. The van der Waals surface area contributed by atoms with Gasteiger partial charge in [-0.05, 0) is 38.8 Å². The van der Waals surface area contributed by atoms with Gasteiger partial charge in [0.1, 0.15) is 17.7 Å². The van der Waals surface area contributed by atoms with Crippen molar-refractivity contribution in [1.29, 1.82) is 0 Å². The number of aliphatic hydroxyl groups is 2. The molecule has 4 heterocycles. The summed E-state index contributed by atoms with van der Waals surface area (Å²) in [5.41, 5.74) is 4.14. The van der Waals surface area contributed by atoms with Crippen LogP contribution in [0.25, 0.3) is 5.65 Å². The molecule has 192 valence electrons. The minimum Gasteiger partial charge on any atom is -0.489 e. The maximum absolute atomic E-state index is 14.1. The zero-order chi connectivity index (χ0) is 25.6. The standard InChI is InChI=1S/C25H29ClFN5O4/c1-14-23(26)15(2)32-24(28-14)20-10-31(11-21(20)29-32)25(35)19-4-3-16(27)9-22(19)36-18-5-7-30(8-6-18)17(12-33)13-34/h3-4,9,17-18,33-34H,5-8,10-13H2,1-2H3. The zero-order valence-electron chi connectivity index (χ0n) is 20.2. The molecule has 1 saturated heterocycles. The fourth-order valence-corrected chi connectivity index (χ4v) is 5.15. The number of benzene rings is 1. The Labute approximate surface area is 213 Å². The molecular weight excluding hydrogens is 489 g/mol.